The summed E-state index contributed by atoms with van der Waals surface area (Å²) in [7, 11) is 1.60. The van der Waals surface area contributed by atoms with Crippen LogP contribution >= 0.6 is 27.0 Å². The lowest BCUT2D eigenvalue weighted by atomic mass is 9.82. The summed E-state index contributed by atoms with van der Waals surface area (Å²) in [6.45, 7) is 1.64. The van der Waals surface area contributed by atoms with Gasteiger partial charge in [-0.1, -0.05) is 12.8 Å². The summed E-state index contributed by atoms with van der Waals surface area (Å²) >= 11 is 0. The van der Waals surface area contributed by atoms with E-state index >= 15 is 0 Å². The first-order valence-electron chi connectivity index (χ1n) is 10.2. The molecule has 1 saturated carbocycles. The summed E-state index contributed by atoms with van der Waals surface area (Å²) in [6.07, 6.45) is 2.61. The molecule has 1 aromatic carbocycles. The highest BCUT2D eigenvalue weighted by Crippen LogP contribution is 2.28. The van der Waals surface area contributed by atoms with Gasteiger partial charge in [0.25, 0.3) is 5.91 Å². The van der Waals surface area contributed by atoms with Gasteiger partial charge in [0.2, 0.25) is 11.6 Å². The first-order chi connectivity index (χ1) is 14.7. The second-order valence-corrected chi connectivity index (χ2v) is 7.92. The number of carbonyl (C=O) groups is 3. The third kappa shape index (κ3) is 6.25. The van der Waals surface area contributed by atoms with Gasteiger partial charge in [-0.05, 0) is 49.9 Å². The van der Waals surface area contributed by atoms with E-state index in [2.05, 4.69) is 5.32 Å². The number of nitrogens with one attached hydrogen (secondary N) is 1. The van der Waals surface area contributed by atoms with Crippen LogP contribution < -0.4 is 5.32 Å². The van der Waals surface area contributed by atoms with E-state index in [1.165, 1.54) is 22.8 Å². The van der Waals surface area contributed by atoms with Crippen LogP contribution in [-0.4, -0.2) is 33.3 Å². The molecule has 0 bridgehead atoms. The molecule has 1 aliphatic rings. The van der Waals surface area contributed by atoms with Gasteiger partial charge < -0.3 is 15.0 Å². The standard InChI is InChI=1S/C23H24FN3O4.2H2S/c1-13-17(22(30)21(29)10-14-5-3-4-6-20(14)28)11-19(27(13)2)23(31)26-16-7-8-18(24)15(9-16)12-25;;/h7-9,11,14,20,28H,3-6,10H2,1-2H3,(H,26,31);2*1H2/t14-,20+;;/m1../s1. The number of aliphatic hydroxyl groups is 1. The zero-order chi connectivity index (χ0) is 22.7. The first kappa shape index (κ1) is 28.4. The molecule has 10 heteroatoms. The number of aromatic nitrogens is 1. The van der Waals surface area contributed by atoms with E-state index < -0.39 is 29.4 Å². The third-order valence-corrected chi connectivity index (χ3v) is 5.93. The van der Waals surface area contributed by atoms with Gasteiger partial charge in [0.05, 0.1) is 11.7 Å². The van der Waals surface area contributed by atoms with Crippen molar-refractivity contribution in [3.63, 3.8) is 0 Å². The number of halogens is 1. The Morgan fingerprint density at radius 1 is 1.21 bits per heavy atom. The Labute approximate surface area is 205 Å². The van der Waals surface area contributed by atoms with Gasteiger partial charge in [0, 0.05) is 30.4 Å². The topological polar surface area (TPSA) is 112 Å². The predicted molar refractivity (Wildman–Crippen MR) is 132 cm³/mol. The lowest BCUT2D eigenvalue weighted by Gasteiger charge is -2.26. The highest BCUT2D eigenvalue weighted by atomic mass is 32.1. The summed E-state index contributed by atoms with van der Waals surface area (Å²) < 4.78 is 15.0. The van der Waals surface area contributed by atoms with Crippen LogP contribution in [0.25, 0.3) is 0 Å². The van der Waals surface area contributed by atoms with Crippen molar-refractivity contribution in [2.24, 2.45) is 13.0 Å². The zero-order valence-corrected chi connectivity index (χ0v) is 20.4. The van der Waals surface area contributed by atoms with Crippen LogP contribution in [0.2, 0.25) is 0 Å². The van der Waals surface area contributed by atoms with Crippen molar-refractivity contribution < 1.29 is 23.9 Å². The molecule has 0 aliphatic heterocycles. The number of Topliss-reactive ketones (excluding diaryl/α,β-unsaturated/α-hetero) is 2. The molecule has 2 atom stereocenters. The maximum atomic E-state index is 13.5. The fourth-order valence-corrected chi connectivity index (χ4v) is 3.94. The summed E-state index contributed by atoms with van der Waals surface area (Å²) in [5.41, 5.74) is 0.780. The Hall–Kier alpha value is -2.61. The fourth-order valence-electron chi connectivity index (χ4n) is 3.94. The Kier molecular flexibility index (Phi) is 10.4. The van der Waals surface area contributed by atoms with Crippen LogP contribution in [0.1, 0.15) is 64.2 Å². The number of rotatable bonds is 6. The average Bonchev–Trinajstić information content (AvgIpc) is 3.05. The molecule has 1 amide bonds. The van der Waals surface area contributed by atoms with E-state index in [9.17, 15) is 23.9 Å². The van der Waals surface area contributed by atoms with Crippen molar-refractivity contribution in [1.29, 1.82) is 5.26 Å². The summed E-state index contributed by atoms with van der Waals surface area (Å²) in [4.78, 5) is 38.0. The monoisotopic (exact) mass is 493 g/mol. The lowest BCUT2D eigenvalue weighted by Crippen LogP contribution is -2.29. The number of ketones is 2. The summed E-state index contributed by atoms with van der Waals surface area (Å²) in [5.74, 6) is -2.73. The van der Waals surface area contributed by atoms with Gasteiger partial charge in [-0.25, -0.2) is 4.39 Å². The summed E-state index contributed by atoms with van der Waals surface area (Å²) in [6, 6.07) is 6.69. The maximum absolute atomic E-state index is 13.5. The number of aliphatic hydroxyl groups excluding tert-OH is 1. The number of amides is 1. The maximum Gasteiger partial charge on any atom is 0.272 e. The molecule has 0 unspecified atom stereocenters. The van der Waals surface area contributed by atoms with Crippen LogP contribution in [-0.2, 0) is 11.8 Å². The molecule has 3 rings (SSSR count). The van der Waals surface area contributed by atoms with Crippen LogP contribution in [0.4, 0.5) is 10.1 Å². The highest BCUT2D eigenvalue weighted by molar-refractivity contribution is 7.59. The van der Waals surface area contributed by atoms with Crippen LogP contribution in [0, 0.1) is 30.0 Å². The lowest BCUT2D eigenvalue weighted by molar-refractivity contribution is -0.117. The van der Waals surface area contributed by atoms with E-state index in [4.69, 9.17) is 5.26 Å². The van der Waals surface area contributed by atoms with E-state index in [0.717, 1.165) is 18.9 Å². The largest absolute Gasteiger partial charge is 0.393 e. The number of nitrogens with zero attached hydrogens (tertiary/aromatic N) is 2. The Morgan fingerprint density at radius 3 is 2.52 bits per heavy atom. The molecule has 1 aromatic heterocycles. The normalized spacial score (nSPS) is 17.2. The number of nitriles is 1. The SMILES string of the molecule is Cc1c(C(=O)C(=O)C[C@H]2CCCC[C@@H]2O)cc(C(=O)Nc2ccc(F)c(C#N)c2)n1C.S.S. The minimum absolute atomic E-state index is 0. The first-order valence-corrected chi connectivity index (χ1v) is 10.2. The number of benzene rings is 1. The molecule has 1 fully saturated rings. The number of carbonyl (C=O) groups excluding carboxylic acids is 3. The van der Waals surface area contributed by atoms with Crippen molar-refractivity contribution in [3.8, 4) is 6.07 Å². The average molecular weight is 494 g/mol. The molecule has 1 heterocycles. The zero-order valence-electron chi connectivity index (χ0n) is 18.4. The van der Waals surface area contributed by atoms with Crippen molar-refractivity contribution in [2.75, 3.05) is 5.32 Å². The molecule has 33 heavy (non-hydrogen) atoms. The second kappa shape index (κ2) is 12.0. The van der Waals surface area contributed by atoms with E-state index in [-0.39, 0.29) is 61.8 Å². The van der Waals surface area contributed by atoms with Crippen LogP contribution in [0.15, 0.2) is 24.3 Å². The molecule has 0 spiro atoms. The van der Waals surface area contributed by atoms with Crippen molar-refractivity contribution in [1.82, 2.24) is 4.57 Å². The van der Waals surface area contributed by atoms with Gasteiger partial charge in [0.15, 0.2) is 0 Å². The molecule has 1 aliphatic carbocycles. The quantitative estimate of drug-likeness (QED) is 0.472. The van der Waals surface area contributed by atoms with Gasteiger partial charge in [-0.2, -0.15) is 32.3 Å². The van der Waals surface area contributed by atoms with Gasteiger partial charge >= 0.3 is 0 Å². The van der Waals surface area contributed by atoms with Crippen molar-refractivity contribution >= 4 is 50.2 Å². The number of hydrogen-bond acceptors (Lipinski definition) is 5. The van der Waals surface area contributed by atoms with Crippen LogP contribution in [0.5, 0.6) is 0 Å². The second-order valence-electron chi connectivity index (χ2n) is 7.92. The molecular weight excluding hydrogens is 465 g/mol. The fraction of sp³-hybridized carbons (Fsp3) is 0.391. The van der Waals surface area contributed by atoms with E-state index in [1.807, 2.05) is 0 Å². The minimum atomic E-state index is -0.690. The molecule has 0 saturated heterocycles. The molecule has 2 aromatic rings. The number of hydrogen-bond donors (Lipinski definition) is 2. The van der Waals surface area contributed by atoms with E-state index in [1.54, 1.807) is 20.0 Å². The third-order valence-electron chi connectivity index (χ3n) is 5.93. The smallest absolute Gasteiger partial charge is 0.272 e. The predicted octanol–water partition coefficient (Wildman–Crippen LogP) is 3.52. The highest BCUT2D eigenvalue weighted by Gasteiger charge is 2.30. The molecule has 178 valence electrons. The van der Waals surface area contributed by atoms with Crippen molar-refractivity contribution in [2.45, 2.75) is 45.1 Å². The van der Waals surface area contributed by atoms with Gasteiger partial charge in [0.1, 0.15) is 17.6 Å². The number of anilines is 1. The molecule has 7 nitrogen and oxygen atoms in total. The van der Waals surface area contributed by atoms with Gasteiger partial charge in [-0.3, -0.25) is 14.4 Å². The molecule has 2 N–H and O–H groups in total. The van der Waals surface area contributed by atoms with E-state index in [0.29, 0.717) is 18.5 Å². The summed E-state index contributed by atoms with van der Waals surface area (Å²) in [5, 5.41) is 21.6. The Morgan fingerprint density at radius 2 is 1.88 bits per heavy atom. The Balaban J connectivity index is 0.00000272. The van der Waals surface area contributed by atoms with Crippen LogP contribution in [0.3, 0.4) is 0 Å². The van der Waals surface area contributed by atoms with Gasteiger partial charge in [-0.15, -0.1) is 0 Å². The van der Waals surface area contributed by atoms with Crippen molar-refractivity contribution in [3.05, 3.63) is 52.6 Å². The molecular formula is C23H28FN3O4S2. The molecule has 0 radical (unpaired) electrons. The Bertz CT molecular complexity index is 1090. The minimum Gasteiger partial charge on any atom is -0.393 e.